The molecule has 1 heterocycles. The molecule has 0 aromatic heterocycles. The van der Waals surface area contributed by atoms with E-state index in [0.717, 1.165) is 5.75 Å². The molecule has 0 amide bonds. The van der Waals surface area contributed by atoms with Crippen LogP contribution in [0.25, 0.3) is 0 Å². The van der Waals surface area contributed by atoms with E-state index in [1.807, 2.05) is 13.8 Å². The monoisotopic (exact) mass is 338 g/mol. The highest BCUT2D eigenvalue weighted by Crippen LogP contribution is 2.53. The Morgan fingerprint density at radius 3 is 1.61 bits per heavy atom. The van der Waals surface area contributed by atoms with Crippen molar-refractivity contribution in [2.75, 3.05) is 0 Å². The molecule has 1 aliphatic rings. The quantitative estimate of drug-likeness (QED) is 0.617. The van der Waals surface area contributed by atoms with Crippen molar-refractivity contribution < 1.29 is 13.6 Å². The van der Waals surface area contributed by atoms with E-state index in [4.69, 9.17) is 13.6 Å². The Labute approximate surface area is 142 Å². The summed E-state index contributed by atoms with van der Waals surface area (Å²) in [6, 6.07) is 4.45. The molecule has 0 aliphatic carbocycles. The van der Waals surface area contributed by atoms with Crippen LogP contribution in [0.1, 0.15) is 72.1 Å². The molecule has 130 valence electrons. The molecule has 1 aromatic rings. The van der Waals surface area contributed by atoms with Gasteiger partial charge in [0.2, 0.25) is 0 Å². The van der Waals surface area contributed by atoms with Crippen LogP contribution >= 0.6 is 8.60 Å². The molecule has 2 atom stereocenters. The van der Waals surface area contributed by atoms with Crippen LogP contribution in [0, 0.1) is 6.92 Å². The predicted octanol–water partition coefficient (Wildman–Crippen LogP) is 6.02. The summed E-state index contributed by atoms with van der Waals surface area (Å²) in [4.78, 5) is 0. The number of rotatable bonds is 2. The molecule has 3 nitrogen and oxygen atoms in total. The zero-order valence-electron chi connectivity index (χ0n) is 16.0. The lowest BCUT2D eigenvalue weighted by atomic mass is 9.78. The Morgan fingerprint density at radius 2 is 1.26 bits per heavy atom. The Bertz CT molecular complexity index is 524. The van der Waals surface area contributed by atoms with Gasteiger partial charge < -0.3 is 4.52 Å². The topological polar surface area (TPSA) is 27.7 Å². The molecular weight excluding hydrogens is 307 g/mol. The van der Waals surface area contributed by atoms with Gasteiger partial charge in [0.05, 0.1) is 12.2 Å². The van der Waals surface area contributed by atoms with Gasteiger partial charge >= 0.3 is 8.60 Å². The molecule has 2 rings (SSSR count). The van der Waals surface area contributed by atoms with Crippen LogP contribution in [0.2, 0.25) is 0 Å². The van der Waals surface area contributed by atoms with Gasteiger partial charge in [-0.1, -0.05) is 59.2 Å². The molecule has 1 saturated heterocycles. The van der Waals surface area contributed by atoms with Crippen LogP contribution < -0.4 is 4.52 Å². The number of hydrogen-bond donors (Lipinski definition) is 0. The van der Waals surface area contributed by atoms with E-state index in [2.05, 4.69) is 60.6 Å². The lowest BCUT2D eigenvalue weighted by Crippen LogP contribution is -2.19. The minimum Gasteiger partial charge on any atom is -0.426 e. The maximum Gasteiger partial charge on any atom is 0.397 e. The van der Waals surface area contributed by atoms with Gasteiger partial charge in [-0.2, -0.15) is 0 Å². The van der Waals surface area contributed by atoms with E-state index in [1.165, 1.54) is 16.7 Å². The maximum atomic E-state index is 6.31. The average molecular weight is 338 g/mol. The molecule has 0 radical (unpaired) electrons. The minimum absolute atomic E-state index is 0.00631. The Hall–Kier alpha value is -0.630. The highest BCUT2D eigenvalue weighted by Gasteiger charge is 2.36. The largest absolute Gasteiger partial charge is 0.426 e. The smallest absolute Gasteiger partial charge is 0.397 e. The third-order valence-electron chi connectivity index (χ3n) is 4.18. The first-order chi connectivity index (χ1) is 10.4. The molecule has 1 fully saturated rings. The van der Waals surface area contributed by atoms with Crippen molar-refractivity contribution >= 4 is 8.60 Å². The van der Waals surface area contributed by atoms with Crippen molar-refractivity contribution in [3.63, 3.8) is 0 Å². The second kappa shape index (κ2) is 6.35. The number of benzene rings is 1. The van der Waals surface area contributed by atoms with Gasteiger partial charge in [0.25, 0.3) is 0 Å². The van der Waals surface area contributed by atoms with Crippen LogP contribution in [0.3, 0.4) is 0 Å². The molecule has 1 aromatic carbocycles. The third kappa shape index (κ3) is 4.26. The van der Waals surface area contributed by atoms with E-state index in [-0.39, 0.29) is 23.0 Å². The van der Waals surface area contributed by atoms with E-state index in [9.17, 15) is 0 Å². The molecule has 23 heavy (non-hydrogen) atoms. The molecule has 0 spiro atoms. The number of hydrogen-bond acceptors (Lipinski definition) is 3. The summed E-state index contributed by atoms with van der Waals surface area (Å²) in [6.45, 7) is 19.5. The SMILES string of the molecule is Cc1cc(C(C)(C)C)c(OP2OC(C)C(C)O2)c(C(C)(C)C)c1. The predicted molar refractivity (Wildman–Crippen MR) is 97.2 cm³/mol. The molecule has 0 bridgehead atoms. The summed E-state index contributed by atoms with van der Waals surface area (Å²) < 4.78 is 18.0. The van der Waals surface area contributed by atoms with Crippen LogP contribution in [0.15, 0.2) is 12.1 Å². The summed E-state index contributed by atoms with van der Waals surface area (Å²) in [5, 5.41) is 0. The standard InChI is InChI=1S/C19H31O3P/c1-12-10-15(18(4,5)6)17(16(11-12)19(7,8)9)22-23-20-13(2)14(3)21-23/h10-11,13-14H,1-9H3. The van der Waals surface area contributed by atoms with Crippen molar-refractivity contribution in [2.24, 2.45) is 0 Å². The fourth-order valence-electron chi connectivity index (χ4n) is 2.57. The van der Waals surface area contributed by atoms with Gasteiger partial charge in [-0.3, -0.25) is 9.05 Å². The number of aryl methyl sites for hydroxylation is 1. The first-order valence-corrected chi connectivity index (χ1v) is 9.46. The van der Waals surface area contributed by atoms with Crippen LogP contribution in [0.5, 0.6) is 5.75 Å². The first kappa shape index (κ1) is 18.7. The van der Waals surface area contributed by atoms with Crippen molar-refractivity contribution in [3.05, 3.63) is 28.8 Å². The van der Waals surface area contributed by atoms with Crippen LogP contribution in [-0.2, 0) is 19.9 Å². The second-order valence-corrected chi connectivity index (χ2v) is 9.68. The van der Waals surface area contributed by atoms with Crippen molar-refractivity contribution in [1.29, 1.82) is 0 Å². The average Bonchev–Trinajstić information content (AvgIpc) is 2.67. The van der Waals surface area contributed by atoms with Crippen LogP contribution in [-0.4, -0.2) is 12.2 Å². The third-order valence-corrected chi connectivity index (χ3v) is 5.52. The lowest BCUT2D eigenvalue weighted by Gasteiger charge is -2.30. The van der Waals surface area contributed by atoms with Gasteiger partial charge in [-0.25, -0.2) is 0 Å². The molecule has 0 N–H and O–H groups in total. The zero-order valence-corrected chi connectivity index (χ0v) is 16.9. The van der Waals surface area contributed by atoms with Gasteiger partial charge in [-0.15, -0.1) is 0 Å². The van der Waals surface area contributed by atoms with E-state index < -0.39 is 8.60 Å². The molecule has 0 saturated carbocycles. The summed E-state index contributed by atoms with van der Waals surface area (Å²) in [5.41, 5.74) is 3.67. The zero-order chi connectivity index (χ0) is 17.6. The molecule has 1 aliphatic heterocycles. The molecule has 2 unspecified atom stereocenters. The van der Waals surface area contributed by atoms with Gasteiger partial charge in [0, 0.05) is 11.1 Å². The Kier molecular flexibility index (Phi) is 5.16. The lowest BCUT2D eigenvalue weighted by molar-refractivity contribution is 0.187. The van der Waals surface area contributed by atoms with Crippen molar-refractivity contribution in [1.82, 2.24) is 0 Å². The van der Waals surface area contributed by atoms with Crippen molar-refractivity contribution in [3.8, 4) is 5.75 Å². The molecule has 4 heteroatoms. The highest BCUT2D eigenvalue weighted by atomic mass is 31.2. The second-order valence-electron chi connectivity index (χ2n) is 8.63. The summed E-state index contributed by atoms with van der Waals surface area (Å²) in [5.74, 6) is 0.933. The summed E-state index contributed by atoms with van der Waals surface area (Å²) >= 11 is 0. The summed E-state index contributed by atoms with van der Waals surface area (Å²) in [6.07, 6.45) is 0.144. The Balaban J connectivity index is 2.50. The molecular formula is C19H31O3P. The first-order valence-electron chi connectivity index (χ1n) is 8.37. The normalized spacial score (nSPS) is 25.7. The van der Waals surface area contributed by atoms with Crippen LogP contribution in [0.4, 0.5) is 0 Å². The van der Waals surface area contributed by atoms with Crippen molar-refractivity contribution in [2.45, 2.75) is 85.4 Å². The highest BCUT2D eigenvalue weighted by molar-refractivity contribution is 7.42. The maximum absolute atomic E-state index is 6.31. The van der Waals surface area contributed by atoms with Gasteiger partial charge in [0.15, 0.2) is 0 Å². The van der Waals surface area contributed by atoms with E-state index >= 15 is 0 Å². The fourth-order valence-corrected chi connectivity index (χ4v) is 3.94. The van der Waals surface area contributed by atoms with Gasteiger partial charge in [0.1, 0.15) is 5.75 Å². The fraction of sp³-hybridized carbons (Fsp3) is 0.684. The Morgan fingerprint density at radius 1 is 0.870 bits per heavy atom. The van der Waals surface area contributed by atoms with E-state index in [1.54, 1.807) is 0 Å². The summed E-state index contributed by atoms with van der Waals surface area (Å²) in [7, 11) is -1.34. The van der Waals surface area contributed by atoms with Gasteiger partial charge in [-0.05, 0) is 31.6 Å². The minimum atomic E-state index is -1.34. The van der Waals surface area contributed by atoms with E-state index in [0.29, 0.717) is 0 Å².